The monoisotopic (exact) mass is 463 g/mol. The van der Waals surface area contributed by atoms with Crippen molar-refractivity contribution in [2.75, 3.05) is 0 Å². The van der Waals surface area contributed by atoms with Crippen molar-refractivity contribution in [2.24, 2.45) is 0 Å². The fourth-order valence-electron chi connectivity index (χ4n) is 5.04. The first-order valence-corrected chi connectivity index (χ1v) is 16.1. The van der Waals surface area contributed by atoms with Gasteiger partial charge in [0.05, 0.1) is 0 Å². The van der Waals surface area contributed by atoms with Gasteiger partial charge in [0, 0.05) is 0 Å². The van der Waals surface area contributed by atoms with Gasteiger partial charge in [0.1, 0.15) is 0 Å². The molecule has 0 fully saturated rings. The standard InChI is InChI=1S/C33H66/c1-3-5-7-9-11-13-15-17-19-21-23-25-27-29-31-33-32-30-28-26-24-22-20-18-16-14-12-10-8-6-4-2/h5,7H,3-4,6,8-33H2,1-2H3/b7-5+. The molecule has 0 atom stereocenters. The van der Waals surface area contributed by atoms with Crippen molar-refractivity contribution in [2.45, 2.75) is 200 Å². The van der Waals surface area contributed by atoms with Crippen molar-refractivity contribution in [3.8, 4) is 0 Å². The van der Waals surface area contributed by atoms with Gasteiger partial charge in [-0.25, -0.2) is 0 Å². The fraction of sp³-hybridized carbons (Fsp3) is 0.939. The Balaban J connectivity index is 3.01. The Morgan fingerprint density at radius 1 is 0.273 bits per heavy atom. The number of allylic oxidation sites excluding steroid dienone is 2. The first kappa shape index (κ1) is 32.7. The van der Waals surface area contributed by atoms with Gasteiger partial charge in [-0.3, -0.25) is 0 Å². The zero-order chi connectivity index (χ0) is 23.9. The summed E-state index contributed by atoms with van der Waals surface area (Å²) in [4.78, 5) is 0. The van der Waals surface area contributed by atoms with Crippen LogP contribution in [0.3, 0.4) is 0 Å². The Morgan fingerprint density at radius 2 is 0.515 bits per heavy atom. The maximum absolute atomic E-state index is 2.36. The summed E-state index contributed by atoms with van der Waals surface area (Å²) in [6.45, 7) is 4.53. The van der Waals surface area contributed by atoms with Crippen LogP contribution in [0, 0.1) is 0 Å². The average molecular weight is 463 g/mol. The molecule has 0 heteroatoms. The van der Waals surface area contributed by atoms with Crippen molar-refractivity contribution < 1.29 is 0 Å². The number of unbranched alkanes of at least 4 members (excludes halogenated alkanes) is 27. The van der Waals surface area contributed by atoms with E-state index >= 15 is 0 Å². The first-order valence-electron chi connectivity index (χ1n) is 16.1. The van der Waals surface area contributed by atoms with E-state index in [0.717, 1.165) is 0 Å². The molecule has 0 amide bonds. The third-order valence-electron chi connectivity index (χ3n) is 7.38. The SMILES string of the molecule is CC/C=C/CCCCCCCCCCCCCCCCCCCCCCCCCCCCC. The van der Waals surface area contributed by atoms with Crippen LogP contribution >= 0.6 is 0 Å². The van der Waals surface area contributed by atoms with Crippen LogP contribution in [0.1, 0.15) is 200 Å². The van der Waals surface area contributed by atoms with Crippen LogP contribution in [0.25, 0.3) is 0 Å². The normalized spacial score (nSPS) is 11.7. The number of hydrogen-bond acceptors (Lipinski definition) is 0. The van der Waals surface area contributed by atoms with Crippen LogP contribution in [0.2, 0.25) is 0 Å². The summed E-state index contributed by atoms with van der Waals surface area (Å²) >= 11 is 0. The first-order chi connectivity index (χ1) is 16.4. The zero-order valence-electron chi connectivity index (χ0n) is 23.7. The molecule has 0 saturated carbocycles. The van der Waals surface area contributed by atoms with E-state index in [1.54, 1.807) is 0 Å². The molecule has 0 heterocycles. The quantitative estimate of drug-likeness (QED) is 0.0765. The van der Waals surface area contributed by atoms with Gasteiger partial charge in [-0.05, 0) is 19.3 Å². The molecule has 0 unspecified atom stereocenters. The van der Waals surface area contributed by atoms with Crippen LogP contribution in [-0.4, -0.2) is 0 Å². The average Bonchev–Trinajstić information content (AvgIpc) is 2.83. The Kier molecular flexibility index (Phi) is 31.5. The highest BCUT2D eigenvalue weighted by Crippen LogP contribution is 2.16. The van der Waals surface area contributed by atoms with E-state index in [1.165, 1.54) is 186 Å². The molecule has 0 aromatic rings. The second kappa shape index (κ2) is 31.7. The molecule has 0 N–H and O–H groups in total. The predicted octanol–water partition coefficient (Wildman–Crippen LogP) is 12.9. The van der Waals surface area contributed by atoms with Gasteiger partial charge in [0.2, 0.25) is 0 Å². The lowest BCUT2D eigenvalue weighted by molar-refractivity contribution is 0.515. The van der Waals surface area contributed by atoms with Crippen molar-refractivity contribution in [1.82, 2.24) is 0 Å². The van der Waals surface area contributed by atoms with E-state index in [4.69, 9.17) is 0 Å². The Morgan fingerprint density at radius 3 is 0.758 bits per heavy atom. The summed E-state index contributed by atoms with van der Waals surface area (Å²) in [6.07, 6.45) is 47.0. The minimum Gasteiger partial charge on any atom is -0.0888 e. The summed E-state index contributed by atoms with van der Waals surface area (Å²) in [6, 6.07) is 0. The third-order valence-corrected chi connectivity index (χ3v) is 7.38. The lowest BCUT2D eigenvalue weighted by Gasteiger charge is -2.04. The highest BCUT2D eigenvalue weighted by Gasteiger charge is 1.96. The second-order valence-electron chi connectivity index (χ2n) is 10.9. The maximum Gasteiger partial charge on any atom is -0.0351 e. The minimum absolute atomic E-state index is 1.19. The van der Waals surface area contributed by atoms with Crippen LogP contribution in [0.15, 0.2) is 12.2 Å². The summed E-state index contributed by atoms with van der Waals surface area (Å²) in [5.74, 6) is 0. The van der Waals surface area contributed by atoms with E-state index in [1.807, 2.05) is 0 Å². The van der Waals surface area contributed by atoms with Crippen LogP contribution in [-0.2, 0) is 0 Å². The fourth-order valence-corrected chi connectivity index (χ4v) is 5.04. The molecule has 0 spiro atoms. The summed E-state index contributed by atoms with van der Waals surface area (Å²) < 4.78 is 0. The lowest BCUT2D eigenvalue weighted by Crippen LogP contribution is -1.85. The number of hydrogen-bond donors (Lipinski definition) is 0. The molecule has 0 nitrogen and oxygen atoms in total. The van der Waals surface area contributed by atoms with Gasteiger partial charge >= 0.3 is 0 Å². The third kappa shape index (κ3) is 31.7. The van der Waals surface area contributed by atoms with E-state index in [9.17, 15) is 0 Å². The van der Waals surface area contributed by atoms with Crippen molar-refractivity contribution in [3.63, 3.8) is 0 Å². The molecule has 0 bridgehead atoms. The molecule has 0 aromatic heterocycles. The minimum atomic E-state index is 1.19. The zero-order valence-corrected chi connectivity index (χ0v) is 23.7. The second-order valence-corrected chi connectivity index (χ2v) is 10.9. The van der Waals surface area contributed by atoms with Gasteiger partial charge in [0.25, 0.3) is 0 Å². The highest BCUT2D eigenvalue weighted by molar-refractivity contribution is 4.79. The Hall–Kier alpha value is -0.260. The van der Waals surface area contributed by atoms with Crippen molar-refractivity contribution >= 4 is 0 Å². The molecule has 0 rings (SSSR count). The highest BCUT2D eigenvalue weighted by atomic mass is 14.0. The summed E-state index contributed by atoms with van der Waals surface area (Å²) in [5, 5.41) is 0. The van der Waals surface area contributed by atoms with Crippen molar-refractivity contribution in [3.05, 3.63) is 12.2 Å². The largest absolute Gasteiger partial charge is 0.0888 e. The molecule has 198 valence electrons. The van der Waals surface area contributed by atoms with E-state index in [2.05, 4.69) is 26.0 Å². The summed E-state index contributed by atoms with van der Waals surface area (Å²) in [7, 11) is 0. The topological polar surface area (TPSA) is 0 Å². The molecule has 0 aromatic carbocycles. The molecule has 0 aliphatic rings. The smallest absolute Gasteiger partial charge is 0.0351 e. The predicted molar refractivity (Wildman–Crippen MR) is 154 cm³/mol. The molecule has 0 radical (unpaired) electrons. The molecule has 33 heavy (non-hydrogen) atoms. The molecule has 0 saturated heterocycles. The van der Waals surface area contributed by atoms with Gasteiger partial charge in [-0.2, -0.15) is 0 Å². The van der Waals surface area contributed by atoms with Crippen LogP contribution in [0.5, 0.6) is 0 Å². The van der Waals surface area contributed by atoms with E-state index in [-0.39, 0.29) is 0 Å². The lowest BCUT2D eigenvalue weighted by atomic mass is 10.0. The Labute approximate surface area is 212 Å². The van der Waals surface area contributed by atoms with Crippen molar-refractivity contribution in [1.29, 1.82) is 0 Å². The molecular formula is C33H66. The molecular weight excluding hydrogens is 396 g/mol. The summed E-state index contributed by atoms with van der Waals surface area (Å²) in [5.41, 5.74) is 0. The van der Waals surface area contributed by atoms with Gasteiger partial charge in [0.15, 0.2) is 0 Å². The van der Waals surface area contributed by atoms with E-state index < -0.39 is 0 Å². The number of rotatable bonds is 29. The van der Waals surface area contributed by atoms with E-state index in [0.29, 0.717) is 0 Å². The maximum atomic E-state index is 2.36. The Bertz CT molecular complexity index is 342. The van der Waals surface area contributed by atoms with Gasteiger partial charge < -0.3 is 0 Å². The van der Waals surface area contributed by atoms with Crippen LogP contribution < -0.4 is 0 Å². The molecule has 0 aliphatic carbocycles. The van der Waals surface area contributed by atoms with Gasteiger partial charge in [-0.15, -0.1) is 0 Å². The van der Waals surface area contributed by atoms with Gasteiger partial charge in [-0.1, -0.05) is 193 Å². The molecule has 0 aliphatic heterocycles. The van der Waals surface area contributed by atoms with Crippen LogP contribution in [0.4, 0.5) is 0 Å².